The van der Waals surface area contributed by atoms with Gasteiger partial charge in [0.15, 0.2) is 0 Å². The summed E-state index contributed by atoms with van der Waals surface area (Å²) in [6.07, 6.45) is 4.83. The van der Waals surface area contributed by atoms with Crippen molar-refractivity contribution in [2.75, 3.05) is 18.0 Å². The van der Waals surface area contributed by atoms with Crippen LogP contribution >= 0.6 is 11.3 Å². The normalized spacial score (nSPS) is 21.5. The second kappa shape index (κ2) is 5.19. The van der Waals surface area contributed by atoms with E-state index in [1.807, 2.05) is 0 Å². The molecule has 0 aromatic carbocycles. The number of nitrogens with one attached hydrogen (secondary N) is 1. The van der Waals surface area contributed by atoms with Crippen LogP contribution in [0.1, 0.15) is 29.7 Å². The van der Waals surface area contributed by atoms with Gasteiger partial charge in [0.1, 0.15) is 17.0 Å². The number of rotatable bonds is 3. The van der Waals surface area contributed by atoms with Crippen molar-refractivity contribution in [3.8, 4) is 0 Å². The number of thiophene rings is 1. The lowest BCUT2D eigenvalue weighted by molar-refractivity contribution is -0.124. The van der Waals surface area contributed by atoms with E-state index < -0.39 is 0 Å². The quantitative estimate of drug-likeness (QED) is 0.945. The van der Waals surface area contributed by atoms with Crippen LogP contribution in [0.25, 0.3) is 10.2 Å². The summed E-state index contributed by atoms with van der Waals surface area (Å²) in [4.78, 5) is 25.7. The fourth-order valence-electron chi connectivity index (χ4n) is 3.12. The Kier molecular flexibility index (Phi) is 3.29. The number of aromatic nitrogens is 2. The second-order valence-corrected chi connectivity index (χ2v) is 7.58. The fraction of sp³-hybridized carbons (Fsp3) is 0.562. The molecule has 2 aromatic heterocycles. The lowest BCUT2D eigenvalue weighted by Crippen LogP contribution is -2.34. The molecule has 4 rings (SSSR count). The van der Waals surface area contributed by atoms with Gasteiger partial charge in [-0.25, -0.2) is 9.97 Å². The maximum Gasteiger partial charge on any atom is 0.225 e. The number of fused-ring (bicyclic) bond motifs is 1. The minimum absolute atomic E-state index is 0.0886. The summed E-state index contributed by atoms with van der Waals surface area (Å²) in [7, 11) is 0. The molecule has 0 bridgehead atoms. The summed E-state index contributed by atoms with van der Waals surface area (Å²) in [6.45, 7) is 5.91. The van der Waals surface area contributed by atoms with Gasteiger partial charge in [0.25, 0.3) is 0 Å². The molecule has 0 radical (unpaired) electrons. The zero-order valence-corrected chi connectivity index (χ0v) is 13.7. The topological polar surface area (TPSA) is 58.1 Å². The van der Waals surface area contributed by atoms with Gasteiger partial charge in [-0.2, -0.15) is 0 Å². The standard InChI is InChI=1S/C16H20N4OS/c1-9-10(2)22-16-13(9)14(17-8-18-16)20-6-5-11(7-20)15(21)19-12-3-4-12/h8,11-12H,3-7H2,1-2H3,(H,19,21). The lowest BCUT2D eigenvalue weighted by atomic mass is 10.1. The van der Waals surface area contributed by atoms with E-state index in [1.54, 1.807) is 17.7 Å². The number of aryl methyl sites for hydroxylation is 2. The second-order valence-electron chi connectivity index (χ2n) is 6.38. The van der Waals surface area contributed by atoms with Gasteiger partial charge in [0, 0.05) is 24.0 Å². The Morgan fingerprint density at radius 2 is 2.14 bits per heavy atom. The average molecular weight is 316 g/mol. The van der Waals surface area contributed by atoms with Crippen molar-refractivity contribution in [1.29, 1.82) is 0 Å². The maximum absolute atomic E-state index is 12.2. The molecular weight excluding hydrogens is 296 g/mol. The molecule has 3 heterocycles. The van der Waals surface area contributed by atoms with Gasteiger partial charge in [-0.05, 0) is 38.7 Å². The highest BCUT2D eigenvalue weighted by atomic mass is 32.1. The minimum Gasteiger partial charge on any atom is -0.355 e. The first-order chi connectivity index (χ1) is 10.6. The molecule has 116 valence electrons. The summed E-state index contributed by atoms with van der Waals surface area (Å²) in [5, 5.41) is 4.28. The molecule has 22 heavy (non-hydrogen) atoms. The Bertz CT molecular complexity index is 737. The van der Waals surface area contributed by atoms with Crippen molar-refractivity contribution in [2.24, 2.45) is 5.92 Å². The average Bonchev–Trinajstić information content (AvgIpc) is 3.09. The molecule has 2 aromatic rings. The molecule has 2 aliphatic rings. The van der Waals surface area contributed by atoms with Gasteiger partial charge in [-0.3, -0.25) is 4.79 Å². The Labute approximate surface area is 133 Å². The predicted octanol–water partition coefficient (Wildman–Crippen LogP) is 2.41. The van der Waals surface area contributed by atoms with Crippen LogP contribution in [-0.4, -0.2) is 35.0 Å². The maximum atomic E-state index is 12.2. The Morgan fingerprint density at radius 1 is 1.32 bits per heavy atom. The summed E-state index contributed by atoms with van der Waals surface area (Å²) >= 11 is 1.72. The van der Waals surface area contributed by atoms with Gasteiger partial charge in [0.2, 0.25) is 5.91 Å². The van der Waals surface area contributed by atoms with Crippen molar-refractivity contribution >= 4 is 33.3 Å². The van der Waals surface area contributed by atoms with Crippen molar-refractivity contribution in [1.82, 2.24) is 15.3 Å². The Morgan fingerprint density at radius 3 is 2.91 bits per heavy atom. The highest BCUT2D eigenvalue weighted by Crippen LogP contribution is 2.36. The predicted molar refractivity (Wildman–Crippen MR) is 88.4 cm³/mol. The van der Waals surface area contributed by atoms with Gasteiger partial charge in [0.05, 0.1) is 11.3 Å². The molecule has 0 spiro atoms. The van der Waals surface area contributed by atoms with Crippen molar-refractivity contribution in [3.63, 3.8) is 0 Å². The van der Waals surface area contributed by atoms with E-state index in [0.717, 1.165) is 48.4 Å². The van der Waals surface area contributed by atoms with E-state index in [-0.39, 0.29) is 11.8 Å². The fourth-order valence-corrected chi connectivity index (χ4v) is 4.11. The summed E-state index contributed by atoms with van der Waals surface area (Å²) in [6, 6.07) is 0.439. The Balaban J connectivity index is 1.59. The van der Waals surface area contributed by atoms with Gasteiger partial charge >= 0.3 is 0 Å². The number of carbonyl (C=O) groups is 1. The zero-order chi connectivity index (χ0) is 15.3. The van der Waals surface area contributed by atoms with E-state index in [4.69, 9.17) is 0 Å². The van der Waals surface area contributed by atoms with Crippen LogP contribution in [0.3, 0.4) is 0 Å². The molecule has 1 N–H and O–H groups in total. The largest absolute Gasteiger partial charge is 0.355 e. The van der Waals surface area contributed by atoms with Crippen LogP contribution in [0, 0.1) is 19.8 Å². The van der Waals surface area contributed by atoms with Crippen LogP contribution in [0.15, 0.2) is 6.33 Å². The third-order valence-electron chi connectivity index (χ3n) is 4.73. The van der Waals surface area contributed by atoms with Crippen LogP contribution < -0.4 is 10.2 Å². The highest BCUT2D eigenvalue weighted by Gasteiger charge is 2.33. The van der Waals surface area contributed by atoms with Gasteiger partial charge in [-0.15, -0.1) is 11.3 Å². The number of nitrogens with zero attached hydrogens (tertiary/aromatic N) is 3. The number of carbonyl (C=O) groups excluding carboxylic acids is 1. The molecule has 6 heteroatoms. The number of amides is 1. The first-order valence-electron chi connectivity index (χ1n) is 7.89. The van der Waals surface area contributed by atoms with Crippen LogP contribution in [0.5, 0.6) is 0 Å². The molecule has 1 amide bonds. The number of hydrogen-bond acceptors (Lipinski definition) is 5. The van der Waals surface area contributed by atoms with Gasteiger partial charge < -0.3 is 10.2 Å². The molecule has 1 saturated carbocycles. The highest BCUT2D eigenvalue weighted by molar-refractivity contribution is 7.18. The molecule has 1 aliphatic heterocycles. The number of hydrogen-bond donors (Lipinski definition) is 1. The van der Waals surface area contributed by atoms with E-state index in [0.29, 0.717) is 6.04 Å². The SMILES string of the molecule is Cc1sc2ncnc(N3CCC(C(=O)NC4CC4)C3)c2c1C. The summed E-state index contributed by atoms with van der Waals surface area (Å²) < 4.78 is 0. The zero-order valence-electron chi connectivity index (χ0n) is 12.9. The smallest absolute Gasteiger partial charge is 0.225 e. The molecule has 1 atom stereocenters. The van der Waals surface area contributed by atoms with Crippen molar-refractivity contribution in [3.05, 3.63) is 16.8 Å². The van der Waals surface area contributed by atoms with Crippen LogP contribution in [-0.2, 0) is 4.79 Å². The van der Waals surface area contributed by atoms with E-state index in [1.165, 1.54) is 10.4 Å². The lowest BCUT2D eigenvalue weighted by Gasteiger charge is -2.18. The van der Waals surface area contributed by atoms with E-state index in [9.17, 15) is 4.79 Å². The van der Waals surface area contributed by atoms with Crippen LogP contribution in [0.4, 0.5) is 5.82 Å². The van der Waals surface area contributed by atoms with Crippen molar-refractivity contribution < 1.29 is 4.79 Å². The molecule has 2 fully saturated rings. The third kappa shape index (κ3) is 2.35. The first-order valence-corrected chi connectivity index (χ1v) is 8.71. The molecular formula is C16H20N4OS. The summed E-state index contributed by atoms with van der Waals surface area (Å²) in [5.74, 6) is 1.30. The summed E-state index contributed by atoms with van der Waals surface area (Å²) in [5.41, 5.74) is 1.27. The minimum atomic E-state index is 0.0886. The van der Waals surface area contributed by atoms with Gasteiger partial charge in [-0.1, -0.05) is 0 Å². The Hall–Kier alpha value is -1.69. The van der Waals surface area contributed by atoms with E-state index >= 15 is 0 Å². The van der Waals surface area contributed by atoms with Crippen molar-refractivity contribution in [2.45, 2.75) is 39.2 Å². The first kappa shape index (κ1) is 13.9. The monoisotopic (exact) mass is 316 g/mol. The molecule has 1 unspecified atom stereocenters. The molecule has 5 nitrogen and oxygen atoms in total. The molecule has 1 aliphatic carbocycles. The van der Waals surface area contributed by atoms with Crippen LogP contribution in [0.2, 0.25) is 0 Å². The number of anilines is 1. The third-order valence-corrected chi connectivity index (χ3v) is 5.84. The molecule has 1 saturated heterocycles. The van der Waals surface area contributed by atoms with E-state index in [2.05, 4.69) is 34.0 Å².